The standard InChI is InChI=1S/C14H16IN3O2/c1-3-20-12-5-4-11(16)6-10(12)7-18-8-17-9(2)13(15)14(18)19/h4-6,8H,3,7,16H2,1-2H3. The van der Waals surface area contributed by atoms with Gasteiger partial charge in [-0.05, 0) is 54.6 Å². The average molecular weight is 385 g/mol. The van der Waals surface area contributed by atoms with Gasteiger partial charge in [-0.3, -0.25) is 9.36 Å². The van der Waals surface area contributed by atoms with Crippen molar-refractivity contribution in [1.29, 1.82) is 0 Å². The van der Waals surface area contributed by atoms with Crippen LogP contribution in [0, 0.1) is 10.5 Å². The number of rotatable bonds is 4. The summed E-state index contributed by atoms with van der Waals surface area (Å²) in [6.07, 6.45) is 1.55. The van der Waals surface area contributed by atoms with E-state index in [4.69, 9.17) is 10.5 Å². The van der Waals surface area contributed by atoms with Crippen molar-refractivity contribution in [2.75, 3.05) is 12.3 Å². The lowest BCUT2D eigenvalue weighted by atomic mass is 10.1. The zero-order chi connectivity index (χ0) is 14.7. The summed E-state index contributed by atoms with van der Waals surface area (Å²) in [7, 11) is 0. The molecule has 2 rings (SSSR count). The molecule has 0 amide bonds. The zero-order valence-electron chi connectivity index (χ0n) is 11.4. The smallest absolute Gasteiger partial charge is 0.267 e. The Bertz CT molecular complexity index is 683. The topological polar surface area (TPSA) is 70.1 Å². The summed E-state index contributed by atoms with van der Waals surface area (Å²) in [4.78, 5) is 16.4. The maximum atomic E-state index is 12.2. The van der Waals surface area contributed by atoms with E-state index in [0.29, 0.717) is 22.4 Å². The van der Waals surface area contributed by atoms with Crippen LogP contribution in [0.5, 0.6) is 5.75 Å². The highest BCUT2D eigenvalue weighted by molar-refractivity contribution is 14.1. The lowest BCUT2D eigenvalue weighted by Crippen LogP contribution is -2.24. The van der Waals surface area contributed by atoms with Crippen LogP contribution in [0.4, 0.5) is 5.69 Å². The molecule has 0 atom stereocenters. The highest BCUT2D eigenvalue weighted by Crippen LogP contribution is 2.22. The molecule has 106 valence electrons. The van der Waals surface area contributed by atoms with Crippen LogP contribution in [-0.4, -0.2) is 16.2 Å². The Morgan fingerprint density at radius 2 is 2.20 bits per heavy atom. The predicted octanol–water partition coefficient (Wildman–Crippen LogP) is 2.19. The molecule has 6 heteroatoms. The molecular formula is C14H16IN3O2. The number of hydrogen-bond donors (Lipinski definition) is 1. The summed E-state index contributed by atoms with van der Waals surface area (Å²) in [6.45, 7) is 4.69. The molecule has 20 heavy (non-hydrogen) atoms. The van der Waals surface area contributed by atoms with Crippen molar-refractivity contribution in [2.24, 2.45) is 0 Å². The molecule has 0 radical (unpaired) electrons. The summed E-state index contributed by atoms with van der Waals surface area (Å²) in [5.74, 6) is 0.740. The lowest BCUT2D eigenvalue weighted by Gasteiger charge is -2.12. The molecule has 0 saturated heterocycles. The van der Waals surface area contributed by atoms with Crippen LogP contribution in [-0.2, 0) is 6.54 Å². The fourth-order valence-corrected chi connectivity index (χ4v) is 2.31. The fourth-order valence-electron chi connectivity index (χ4n) is 1.86. The highest BCUT2D eigenvalue weighted by Gasteiger charge is 2.09. The third-order valence-electron chi connectivity index (χ3n) is 2.88. The van der Waals surface area contributed by atoms with E-state index in [2.05, 4.69) is 4.98 Å². The van der Waals surface area contributed by atoms with Gasteiger partial charge in [0.15, 0.2) is 0 Å². The van der Waals surface area contributed by atoms with Crippen molar-refractivity contribution in [3.05, 3.63) is 49.7 Å². The van der Waals surface area contributed by atoms with Crippen LogP contribution in [0.25, 0.3) is 0 Å². The van der Waals surface area contributed by atoms with Gasteiger partial charge in [0.1, 0.15) is 5.75 Å². The monoisotopic (exact) mass is 385 g/mol. The molecule has 1 aromatic heterocycles. The fraction of sp³-hybridized carbons (Fsp3) is 0.286. The van der Waals surface area contributed by atoms with Crippen LogP contribution in [0.3, 0.4) is 0 Å². The summed E-state index contributed by atoms with van der Waals surface area (Å²) in [6, 6.07) is 5.43. The first-order chi connectivity index (χ1) is 9.52. The van der Waals surface area contributed by atoms with Crippen molar-refractivity contribution in [2.45, 2.75) is 20.4 Å². The van der Waals surface area contributed by atoms with Gasteiger partial charge in [-0.1, -0.05) is 0 Å². The van der Waals surface area contributed by atoms with E-state index in [1.54, 1.807) is 17.0 Å². The van der Waals surface area contributed by atoms with Gasteiger partial charge in [0.25, 0.3) is 5.56 Å². The number of nitrogens with two attached hydrogens (primary N) is 1. The normalized spacial score (nSPS) is 10.6. The van der Waals surface area contributed by atoms with E-state index in [9.17, 15) is 4.79 Å². The Kier molecular flexibility index (Phi) is 4.64. The van der Waals surface area contributed by atoms with Crippen LogP contribution in [0.1, 0.15) is 18.2 Å². The molecule has 0 fully saturated rings. The van der Waals surface area contributed by atoms with E-state index in [-0.39, 0.29) is 5.56 Å². The van der Waals surface area contributed by atoms with Crippen LogP contribution >= 0.6 is 22.6 Å². The summed E-state index contributed by atoms with van der Waals surface area (Å²) >= 11 is 2.02. The summed E-state index contributed by atoms with van der Waals surface area (Å²) in [5, 5.41) is 0. The first-order valence-corrected chi connectivity index (χ1v) is 7.33. The number of halogens is 1. The van der Waals surface area contributed by atoms with Crippen LogP contribution < -0.4 is 16.0 Å². The highest BCUT2D eigenvalue weighted by atomic mass is 127. The molecule has 0 saturated carbocycles. The SMILES string of the molecule is CCOc1ccc(N)cc1Cn1cnc(C)c(I)c1=O. The third-order valence-corrected chi connectivity index (χ3v) is 4.12. The Morgan fingerprint density at radius 3 is 2.90 bits per heavy atom. The number of benzene rings is 1. The van der Waals surface area contributed by atoms with Crippen LogP contribution in [0.15, 0.2) is 29.3 Å². The molecule has 0 aliphatic rings. The minimum atomic E-state index is -0.0528. The van der Waals surface area contributed by atoms with Gasteiger partial charge in [-0.25, -0.2) is 4.98 Å². The molecule has 0 aliphatic carbocycles. The van der Waals surface area contributed by atoms with Crippen LogP contribution in [0.2, 0.25) is 0 Å². The Morgan fingerprint density at radius 1 is 1.45 bits per heavy atom. The molecule has 0 unspecified atom stereocenters. The van der Waals surface area contributed by atoms with E-state index in [1.807, 2.05) is 48.6 Å². The number of aryl methyl sites for hydroxylation is 1. The Hall–Kier alpha value is -1.57. The molecule has 0 aliphatic heterocycles. The van der Waals surface area contributed by atoms with Gasteiger partial charge in [0.05, 0.1) is 28.7 Å². The second-order valence-corrected chi connectivity index (χ2v) is 5.46. The minimum absolute atomic E-state index is 0.0528. The maximum Gasteiger partial charge on any atom is 0.267 e. The molecule has 0 bridgehead atoms. The van der Waals surface area contributed by atoms with E-state index in [1.165, 1.54) is 0 Å². The second kappa shape index (κ2) is 6.25. The lowest BCUT2D eigenvalue weighted by molar-refractivity contribution is 0.335. The summed E-state index contributed by atoms with van der Waals surface area (Å²) in [5.41, 5.74) is 8.01. The van der Waals surface area contributed by atoms with Gasteiger partial charge >= 0.3 is 0 Å². The van der Waals surface area contributed by atoms with Crippen molar-refractivity contribution >= 4 is 28.3 Å². The van der Waals surface area contributed by atoms with Crippen molar-refractivity contribution < 1.29 is 4.74 Å². The molecule has 0 spiro atoms. The Labute approximate surface area is 130 Å². The molecule has 1 aromatic carbocycles. The zero-order valence-corrected chi connectivity index (χ0v) is 13.5. The molecule has 1 heterocycles. The van der Waals surface area contributed by atoms with Gasteiger partial charge in [0, 0.05) is 11.3 Å². The van der Waals surface area contributed by atoms with Gasteiger partial charge < -0.3 is 10.5 Å². The summed E-state index contributed by atoms with van der Waals surface area (Å²) < 4.78 is 7.76. The van der Waals surface area contributed by atoms with Gasteiger partial charge in [0.2, 0.25) is 0 Å². The second-order valence-electron chi connectivity index (χ2n) is 4.38. The van der Waals surface area contributed by atoms with Gasteiger partial charge in [-0.15, -0.1) is 0 Å². The number of nitrogen functional groups attached to an aromatic ring is 1. The van der Waals surface area contributed by atoms with Crippen molar-refractivity contribution in [3.63, 3.8) is 0 Å². The molecule has 5 nitrogen and oxygen atoms in total. The number of hydrogen-bond acceptors (Lipinski definition) is 4. The first kappa shape index (κ1) is 14.8. The Balaban J connectivity index is 2.42. The van der Waals surface area contributed by atoms with Crippen molar-refractivity contribution in [3.8, 4) is 5.75 Å². The number of ether oxygens (including phenoxy) is 1. The van der Waals surface area contributed by atoms with E-state index < -0.39 is 0 Å². The van der Waals surface area contributed by atoms with Crippen molar-refractivity contribution in [1.82, 2.24) is 9.55 Å². The van der Waals surface area contributed by atoms with E-state index in [0.717, 1.165) is 17.0 Å². The largest absolute Gasteiger partial charge is 0.494 e. The maximum absolute atomic E-state index is 12.2. The quantitative estimate of drug-likeness (QED) is 0.647. The molecule has 2 aromatic rings. The average Bonchev–Trinajstić information content (AvgIpc) is 2.42. The number of aromatic nitrogens is 2. The molecular weight excluding hydrogens is 369 g/mol. The van der Waals surface area contributed by atoms with E-state index >= 15 is 0 Å². The minimum Gasteiger partial charge on any atom is -0.494 e. The first-order valence-electron chi connectivity index (χ1n) is 6.25. The van der Waals surface area contributed by atoms with Gasteiger partial charge in [-0.2, -0.15) is 0 Å². The third kappa shape index (κ3) is 3.12. The predicted molar refractivity (Wildman–Crippen MR) is 87.1 cm³/mol. The molecule has 2 N–H and O–H groups in total. The number of nitrogens with zero attached hydrogens (tertiary/aromatic N) is 2. The number of anilines is 1.